The molecule has 0 saturated heterocycles. The molecule has 2 nitrogen and oxygen atoms in total. The van der Waals surface area contributed by atoms with Crippen molar-refractivity contribution in [1.82, 2.24) is 5.32 Å². The van der Waals surface area contributed by atoms with Gasteiger partial charge in [0.1, 0.15) is 0 Å². The molecule has 0 aliphatic carbocycles. The third kappa shape index (κ3) is 9.75. The van der Waals surface area contributed by atoms with E-state index in [4.69, 9.17) is 4.74 Å². The molecule has 0 amide bonds. The van der Waals surface area contributed by atoms with E-state index in [9.17, 15) is 0 Å². The van der Waals surface area contributed by atoms with Crippen LogP contribution in [0.4, 0.5) is 0 Å². The molecule has 0 rings (SSSR count). The first-order valence-corrected chi connectivity index (χ1v) is 5.62. The van der Waals surface area contributed by atoms with E-state index in [1.165, 1.54) is 6.42 Å². The number of rotatable bonds is 9. The predicted molar refractivity (Wildman–Crippen MR) is 62.6 cm³/mol. The Morgan fingerprint density at radius 3 is 2.71 bits per heavy atom. The molecule has 0 heterocycles. The van der Waals surface area contributed by atoms with Crippen molar-refractivity contribution in [3.8, 4) is 0 Å². The van der Waals surface area contributed by atoms with Crippen molar-refractivity contribution in [3.63, 3.8) is 0 Å². The summed E-state index contributed by atoms with van der Waals surface area (Å²) in [4.78, 5) is 0. The Hall–Kier alpha value is -0.340. The predicted octanol–water partition coefficient (Wildman–Crippen LogP) is 2.60. The van der Waals surface area contributed by atoms with E-state index in [0.29, 0.717) is 6.61 Å². The van der Waals surface area contributed by atoms with E-state index in [-0.39, 0.29) is 0 Å². The fourth-order valence-corrected chi connectivity index (χ4v) is 1.03. The van der Waals surface area contributed by atoms with E-state index in [2.05, 4.69) is 32.7 Å². The maximum Gasteiger partial charge on any atom is 0.0686 e. The summed E-state index contributed by atoms with van der Waals surface area (Å²) in [6, 6.07) is 0. The minimum absolute atomic E-state index is 0.698. The summed E-state index contributed by atoms with van der Waals surface area (Å²) in [6.45, 7) is 14.0. The molecule has 0 unspecified atom stereocenters. The van der Waals surface area contributed by atoms with Gasteiger partial charge in [-0.25, -0.2) is 0 Å². The Balaban J connectivity index is 3.18. The van der Waals surface area contributed by atoms with Crippen LogP contribution in [0, 0.1) is 5.92 Å². The summed E-state index contributed by atoms with van der Waals surface area (Å²) in [5, 5.41) is 3.30. The highest BCUT2D eigenvalue weighted by Crippen LogP contribution is 2.00. The summed E-state index contributed by atoms with van der Waals surface area (Å²) < 4.78 is 5.50. The minimum Gasteiger partial charge on any atom is -0.377 e. The van der Waals surface area contributed by atoms with Crippen molar-refractivity contribution >= 4 is 0 Å². The average molecular weight is 199 g/mol. The van der Waals surface area contributed by atoms with Crippen molar-refractivity contribution in [2.24, 2.45) is 5.92 Å². The summed E-state index contributed by atoms with van der Waals surface area (Å²) in [7, 11) is 0. The molecule has 2 heteroatoms. The molecule has 0 radical (unpaired) electrons. The van der Waals surface area contributed by atoms with Crippen molar-refractivity contribution < 1.29 is 4.74 Å². The second-order valence-corrected chi connectivity index (χ2v) is 4.16. The molecule has 14 heavy (non-hydrogen) atoms. The molecule has 1 N–H and O–H groups in total. The van der Waals surface area contributed by atoms with Crippen LogP contribution < -0.4 is 5.32 Å². The smallest absolute Gasteiger partial charge is 0.0686 e. The summed E-state index contributed by atoms with van der Waals surface area (Å²) in [5.74, 6) is 0.724. The first-order valence-electron chi connectivity index (χ1n) is 5.62. The zero-order valence-corrected chi connectivity index (χ0v) is 9.94. The molecule has 0 aromatic heterocycles. The molecule has 0 saturated carbocycles. The maximum absolute atomic E-state index is 5.50. The maximum atomic E-state index is 5.50. The highest BCUT2D eigenvalue weighted by Gasteiger charge is 1.96. The van der Waals surface area contributed by atoms with Crippen LogP contribution in [0.25, 0.3) is 0 Å². The minimum atomic E-state index is 0.698. The topological polar surface area (TPSA) is 21.3 Å². The second-order valence-electron chi connectivity index (χ2n) is 4.16. The quantitative estimate of drug-likeness (QED) is 0.455. The van der Waals surface area contributed by atoms with E-state index < -0.39 is 0 Å². The Morgan fingerprint density at radius 1 is 1.43 bits per heavy atom. The van der Waals surface area contributed by atoms with Gasteiger partial charge in [0, 0.05) is 13.2 Å². The molecule has 0 atom stereocenters. The van der Waals surface area contributed by atoms with Gasteiger partial charge in [0.2, 0.25) is 0 Å². The second kappa shape index (κ2) is 9.22. The van der Waals surface area contributed by atoms with Crippen LogP contribution in [0.5, 0.6) is 0 Å². The third-order valence-corrected chi connectivity index (χ3v) is 1.95. The van der Waals surface area contributed by atoms with Gasteiger partial charge in [-0.3, -0.25) is 0 Å². The molecule has 0 spiro atoms. The summed E-state index contributed by atoms with van der Waals surface area (Å²) in [5.41, 5.74) is 1.14. The van der Waals surface area contributed by atoms with Crippen molar-refractivity contribution in [1.29, 1.82) is 0 Å². The number of nitrogens with one attached hydrogen (secondary N) is 1. The standard InChI is InChI=1S/C12H25NO/c1-5-7-13-9-12(4)10-14-8-6-11(2)3/h11,13H,4-10H2,1-3H3. The lowest BCUT2D eigenvalue weighted by atomic mass is 10.1. The average Bonchev–Trinajstić information content (AvgIpc) is 2.13. The molecular formula is C12H25NO. The van der Waals surface area contributed by atoms with Crippen LogP contribution in [0.2, 0.25) is 0 Å². The van der Waals surface area contributed by atoms with E-state index >= 15 is 0 Å². The van der Waals surface area contributed by atoms with Crippen LogP contribution in [0.3, 0.4) is 0 Å². The lowest BCUT2D eigenvalue weighted by Gasteiger charge is -2.09. The van der Waals surface area contributed by atoms with E-state index in [1.54, 1.807) is 0 Å². The van der Waals surface area contributed by atoms with Gasteiger partial charge in [-0.1, -0.05) is 27.4 Å². The van der Waals surface area contributed by atoms with Gasteiger partial charge in [0.25, 0.3) is 0 Å². The van der Waals surface area contributed by atoms with Crippen LogP contribution in [0.1, 0.15) is 33.6 Å². The van der Waals surface area contributed by atoms with Gasteiger partial charge >= 0.3 is 0 Å². The first-order chi connectivity index (χ1) is 6.66. The molecule has 0 fully saturated rings. The van der Waals surface area contributed by atoms with Gasteiger partial charge in [0.15, 0.2) is 0 Å². The molecular weight excluding hydrogens is 174 g/mol. The molecule has 0 aromatic rings. The Morgan fingerprint density at radius 2 is 2.14 bits per heavy atom. The number of hydrogen-bond acceptors (Lipinski definition) is 2. The van der Waals surface area contributed by atoms with Crippen molar-refractivity contribution in [2.45, 2.75) is 33.6 Å². The van der Waals surface area contributed by atoms with E-state index in [0.717, 1.165) is 37.6 Å². The van der Waals surface area contributed by atoms with Gasteiger partial charge in [-0.2, -0.15) is 0 Å². The zero-order valence-electron chi connectivity index (χ0n) is 9.94. The van der Waals surface area contributed by atoms with Crippen LogP contribution in [-0.2, 0) is 4.74 Å². The van der Waals surface area contributed by atoms with Gasteiger partial charge in [0.05, 0.1) is 6.61 Å². The first kappa shape index (κ1) is 13.7. The molecule has 0 aliphatic rings. The van der Waals surface area contributed by atoms with Gasteiger partial charge in [-0.15, -0.1) is 0 Å². The molecule has 0 bridgehead atoms. The van der Waals surface area contributed by atoms with Gasteiger partial charge < -0.3 is 10.1 Å². The fourth-order valence-electron chi connectivity index (χ4n) is 1.03. The summed E-state index contributed by atoms with van der Waals surface area (Å²) >= 11 is 0. The lowest BCUT2D eigenvalue weighted by molar-refractivity contribution is 0.143. The Bertz CT molecular complexity index is 143. The summed E-state index contributed by atoms with van der Waals surface area (Å²) in [6.07, 6.45) is 2.30. The molecule has 84 valence electrons. The number of ether oxygens (including phenoxy) is 1. The van der Waals surface area contributed by atoms with Crippen LogP contribution in [0.15, 0.2) is 12.2 Å². The zero-order chi connectivity index (χ0) is 10.8. The fraction of sp³-hybridized carbons (Fsp3) is 0.833. The monoisotopic (exact) mass is 199 g/mol. The highest BCUT2D eigenvalue weighted by atomic mass is 16.5. The SMILES string of the molecule is C=C(CNCCC)COCCC(C)C. The Labute approximate surface area is 88.7 Å². The molecule has 0 aliphatic heterocycles. The van der Waals surface area contributed by atoms with E-state index in [1.807, 2.05) is 0 Å². The van der Waals surface area contributed by atoms with Crippen LogP contribution in [-0.4, -0.2) is 26.3 Å². The number of hydrogen-bond donors (Lipinski definition) is 1. The van der Waals surface area contributed by atoms with Crippen molar-refractivity contribution in [2.75, 3.05) is 26.3 Å². The molecule has 0 aromatic carbocycles. The van der Waals surface area contributed by atoms with Crippen molar-refractivity contribution in [3.05, 3.63) is 12.2 Å². The van der Waals surface area contributed by atoms with Gasteiger partial charge in [-0.05, 0) is 30.9 Å². The highest BCUT2D eigenvalue weighted by molar-refractivity contribution is 4.96. The van der Waals surface area contributed by atoms with Crippen LogP contribution >= 0.6 is 0 Å². The largest absolute Gasteiger partial charge is 0.377 e. The normalized spacial score (nSPS) is 10.9. The lowest BCUT2D eigenvalue weighted by Crippen LogP contribution is -2.19. The third-order valence-electron chi connectivity index (χ3n) is 1.95. The Kier molecular flexibility index (Phi) is 9.00.